The third-order valence-corrected chi connectivity index (χ3v) is 4.66. The average molecular weight is 210 g/mol. The van der Waals surface area contributed by atoms with Crippen LogP contribution in [-0.2, 0) is 14.3 Å². The molecule has 2 atom stereocenters. The van der Waals surface area contributed by atoms with Crippen molar-refractivity contribution in [1.82, 2.24) is 0 Å². The lowest BCUT2D eigenvalue weighted by Gasteiger charge is -2.35. The van der Waals surface area contributed by atoms with Gasteiger partial charge in [0, 0.05) is 13.3 Å². The van der Waals surface area contributed by atoms with Crippen molar-refractivity contribution in [2.45, 2.75) is 40.0 Å². The molecule has 2 rings (SSSR count). The molecule has 0 aromatic heterocycles. The van der Waals surface area contributed by atoms with Gasteiger partial charge in [-0.05, 0) is 24.2 Å². The average Bonchev–Trinajstić information content (AvgIpc) is 2.47. The quantitative estimate of drug-likeness (QED) is 0.654. The molecule has 0 aromatic rings. The molecule has 2 unspecified atom stereocenters. The molecule has 0 aliphatic heterocycles. The highest BCUT2D eigenvalue weighted by molar-refractivity contribution is 5.90. The Morgan fingerprint density at radius 3 is 2.60 bits per heavy atom. The fourth-order valence-corrected chi connectivity index (χ4v) is 3.33. The molecule has 0 radical (unpaired) electrons. The smallest absolute Gasteiger partial charge is 0.302 e. The van der Waals surface area contributed by atoms with Crippen LogP contribution in [0.5, 0.6) is 0 Å². The van der Waals surface area contributed by atoms with E-state index in [1.807, 2.05) is 0 Å². The first-order chi connectivity index (χ1) is 6.90. The molecule has 0 N–H and O–H groups in total. The normalized spacial score (nSPS) is 37.0. The fourth-order valence-electron chi connectivity index (χ4n) is 3.33. The molecule has 0 heterocycles. The van der Waals surface area contributed by atoms with E-state index in [0.717, 1.165) is 12.8 Å². The molecule has 2 saturated carbocycles. The predicted molar refractivity (Wildman–Crippen MR) is 55.2 cm³/mol. The number of carbonyl (C=O) groups excluding carboxylic acids is 2. The first-order valence-corrected chi connectivity index (χ1v) is 5.57. The molecule has 84 valence electrons. The first-order valence-electron chi connectivity index (χ1n) is 5.57. The van der Waals surface area contributed by atoms with Crippen molar-refractivity contribution in [3.63, 3.8) is 0 Å². The minimum atomic E-state index is -0.386. The van der Waals surface area contributed by atoms with Crippen LogP contribution in [0.25, 0.3) is 0 Å². The van der Waals surface area contributed by atoms with Crippen molar-refractivity contribution >= 4 is 11.8 Å². The van der Waals surface area contributed by atoms with E-state index in [1.165, 1.54) is 6.92 Å². The number of hydrogen-bond acceptors (Lipinski definition) is 3. The molecule has 0 aromatic carbocycles. The van der Waals surface area contributed by atoms with E-state index in [0.29, 0.717) is 18.1 Å². The van der Waals surface area contributed by atoms with E-state index >= 15 is 0 Å². The Morgan fingerprint density at radius 1 is 1.53 bits per heavy atom. The Hall–Kier alpha value is -0.860. The number of esters is 1. The number of hydrogen-bond donors (Lipinski definition) is 0. The van der Waals surface area contributed by atoms with Crippen LogP contribution in [0, 0.1) is 16.7 Å². The third-order valence-electron chi connectivity index (χ3n) is 4.66. The van der Waals surface area contributed by atoms with Gasteiger partial charge < -0.3 is 4.74 Å². The van der Waals surface area contributed by atoms with Crippen molar-refractivity contribution < 1.29 is 14.3 Å². The van der Waals surface area contributed by atoms with E-state index in [9.17, 15) is 9.59 Å². The van der Waals surface area contributed by atoms with Crippen LogP contribution >= 0.6 is 0 Å². The summed E-state index contributed by atoms with van der Waals surface area (Å²) >= 11 is 0. The van der Waals surface area contributed by atoms with E-state index in [2.05, 4.69) is 13.8 Å². The number of carbonyl (C=O) groups is 2. The van der Waals surface area contributed by atoms with Gasteiger partial charge in [-0.25, -0.2) is 0 Å². The minimum absolute atomic E-state index is 0.000463. The van der Waals surface area contributed by atoms with Crippen LogP contribution < -0.4 is 0 Å². The Morgan fingerprint density at radius 2 is 2.20 bits per heavy atom. The van der Waals surface area contributed by atoms with E-state index in [-0.39, 0.29) is 23.4 Å². The standard InChI is InChI=1S/C12H18O3/c1-8(13)15-7-12-5-4-9(6-10(12)14)11(12,2)3/h9H,4-7H2,1-3H3. The summed E-state index contributed by atoms with van der Waals surface area (Å²) in [6.07, 6.45) is 2.66. The molecule has 2 aliphatic carbocycles. The second kappa shape index (κ2) is 3.06. The van der Waals surface area contributed by atoms with E-state index in [4.69, 9.17) is 4.74 Å². The summed E-state index contributed by atoms with van der Waals surface area (Å²) in [6.45, 7) is 5.96. The number of rotatable bonds is 2. The zero-order valence-electron chi connectivity index (χ0n) is 9.63. The summed E-state index contributed by atoms with van der Waals surface area (Å²) in [4.78, 5) is 22.9. The minimum Gasteiger partial charge on any atom is -0.465 e. The van der Waals surface area contributed by atoms with Gasteiger partial charge in [0.1, 0.15) is 12.4 Å². The van der Waals surface area contributed by atoms with Gasteiger partial charge >= 0.3 is 5.97 Å². The summed E-state index contributed by atoms with van der Waals surface area (Å²) in [5, 5.41) is 0. The summed E-state index contributed by atoms with van der Waals surface area (Å²) < 4.78 is 5.09. The predicted octanol–water partition coefficient (Wildman–Crippen LogP) is 1.94. The molecule has 2 bridgehead atoms. The fraction of sp³-hybridized carbons (Fsp3) is 0.833. The monoisotopic (exact) mass is 210 g/mol. The number of Topliss-reactive ketones (excluding diaryl/α,β-unsaturated/α-hetero) is 1. The van der Waals surface area contributed by atoms with Crippen molar-refractivity contribution in [1.29, 1.82) is 0 Å². The zero-order valence-corrected chi connectivity index (χ0v) is 9.63. The van der Waals surface area contributed by atoms with Crippen molar-refractivity contribution in [3.8, 4) is 0 Å². The molecule has 3 nitrogen and oxygen atoms in total. The highest BCUT2D eigenvalue weighted by atomic mass is 16.5. The molecule has 3 heteroatoms. The lowest BCUT2D eigenvalue weighted by Crippen LogP contribution is -2.40. The summed E-state index contributed by atoms with van der Waals surface area (Å²) in [7, 11) is 0. The van der Waals surface area contributed by atoms with Crippen LogP contribution in [0.4, 0.5) is 0 Å². The van der Waals surface area contributed by atoms with Gasteiger partial charge in [0.05, 0.1) is 5.41 Å². The largest absolute Gasteiger partial charge is 0.465 e. The SMILES string of the molecule is CC(=O)OCC12CCC(CC1=O)C2(C)C. The Bertz CT molecular complexity index is 319. The van der Waals surface area contributed by atoms with Crippen molar-refractivity contribution in [2.75, 3.05) is 6.61 Å². The highest BCUT2D eigenvalue weighted by Crippen LogP contribution is 2.63. The summed E-state index contributed by atoms with van der Waals surface area (Å²) in [5.41, 5.74) is -0.386. The van der Waals surface area contributed by atoms with Gasteiger partial charge in [-0.1, -0.05) is 13.8 Å². The van der Waals surface area contributed by atoms with Crippen LogP contribution in [0.2, 0.25) is 0 Å². The molecular weight excluding hydrogens is 192 g/mol. The van der Waals surface area contributed by atoms with Crippen LogP contribution in [0.3, 0.4) is 0 Å². The Balaban J connectivity index is 2.24. The second-order valence-electron chi connectivity index (χ2n) is 5.45. The first kappa shape index (κ1) is 10.7. The van der Waals surface area contributed by atoms with Crippen LogP contribution in [0.1, 0.15) is 40.0 Å². The molecule has 0 saturated heterocycles. The van der Waals surface area contributed by atoms with Crippen LogP contribution in [0.15, 0.2) is 0 Å². The second-order valence-corrected chi connectivity index (χ2v) is 5.45. The molecule has 2 aliphatic rings. The maximum absolute atomic E-state index is 12.0. The number of ketones is 1. The lowest BCUT2D eigenvalue weighted by atomic mass is 9.69. The maximum atomic E-state index is 12.0. The molecule has 0 spiro atoms. The van der Waals surface area contributed by atoms with Crippen LogP contribution in [-0.4, -0.2) is 18.4 Å². The Labute approximate surface area is 90.2 Å². The highest BCUT2D eigenvalue weighted by Gasteiger charge is 2.64. The zero-order chi connectivity index (χ0) is 11.3. The van der Waals surface area contributed by atoms with Crippen molar-refractivity contribution in [3.05, 3.63) is 0 Å². The molecule has 0 amide bonds. The van der Waals surface area contributed by atoms with Gasteiger partial charge in [0.2, 0.25) is 0 Å². The van der Waals surface area contributed by atoms with E-state index < -0.39 is 0 Å². The van der Waals surface area contributed by atoms with Gasteiger partial charge in [-0.3, -0.25) is 9.59 Å². The molecule has 2 fully saturated rings. The Kier molecular flexibility index (Phi) is 2.18. The molecule has 15 heavy (non-hydrogen) atoms. The summed E-state index contributed by atoms with van der Waals surface area (Å²) in [6, 6.07) is 0. The number of fused-ring (bicyclic) bond motifs is 2. The summed E-state index contributed by atoms with van der Waals surface area (Å²) in [5.74, 6) is 0.494. The topological polar surface area (TPSA) is 43.4 Å². The van der Waals surface area contributed by atoms with Gasteiger partial charge in [0.15, 0.2) is 0 Å². The lowest BCUT2D eigenvalue weighted by molar-refractivity contribution is -0.150. The van der Waals surface area contributed by atoms with Gasteiger partial charge in [0.25, 0.3) is 0 Å². The van der Waals surface area contributed by atoms with Gasteiger partial charge in [-0.2, -0.15) is 0 Å². The third kappa shape index (κ3) is 1.25. The maximum Gasteiger partial charge on any atom is 0.302 e. The van der Waals surface area contributed by atoms with E-state index in [1.54, 1.807) is 0 Å². The molecular formula is C12H18O3. The van der Waals surface area contributed by atoms with Gasteiger partial charge in [-0.15, -0.1) is 0 Å². The van der Waals surface area contributed by atoms with Crippen molar-refractivity contribution in [2.24, 2.45) is 16.7 Å². The number of ether oxygens (including phenoxy) is 1.